The summed E-state index contributed by atoms with van der Waals surface area (Å²) in [6, 6.07) is 13.7. The van der Waals surface area contributed by atoms with Crippen LogP contribution in [0.25, 0.3) is 6.08 Å². The van der Waals surface area contributed by atoms with Crippen LogP contribution in [0.5, 0.6) is 17.2 Å². The molecule has 194 valence electrons. The van der Waals surface area contributed by atoms with Crippen LogP contribution in [0.3, 0.4) is 0 Å². The lowest BCUT2D eigenvalue weighted by Crippen LogP contribution is -2.40. The molecule has 1 atom stereocenters. The quantitative estimate of drug-likeness (QED) is 0.410. The zero-order chi connectivity index (χ0) is 26.6. The number of hydrogen-bond acceptors (Lipinski definition) is 9. The number of fused-ring (bicyclic) bond motifs is 2. The number of rotatable bonds is 8. The van der Waals surface area contributed by atoms with Crippen molar-refractivity contribution in [1.82, 2.24) is 4.57 Å². The Bertz CT molecular complexity index is 1630. The van der Waals surface area contributed by atoms with E-state index in [-0.39, 0.29) is 25.6 Å². The third-order valence-electron chi connectivity index (χ3n) is 6.09. The summed E-state index contributed by atoms with van der Waals surface area (Å²) in [6.45, 7) is 4.04. The highest BCUT2D eigenvalue weighted by Crippen LogP contribution is 2.38. The van der Waals surface area contributed by atoms with E-state index in [4.69, 9.17) is 29.2 Å². The van der Waals surface area contributed by atoms with Gasteiger partial charge in [-0.25, -0.2) is 9.79 Å². The average molecular weight is 532 g/mol. The number of allylic oxidation sites excluding steroid dienone is 1. The van der Waals surface area contributed by atoms with Gasteiger partial charge in [0, 0.05) is 0 Å². The van der Waals surface area contributed by atoms with Crippen molar-refractivity contribution in [2.45, 2.75) is 32.7 Å². The maximum Gasteiger partial charge on any atom is 0.338 e. The molecule has 2 aromatic carbocycles. The van der Waals surface area contributed by atoms with Crippen LogP contribution in [-0.2, 0) is 9.53 Å². The molecule has 3 aromatic rings. The van der Waals surface area contributed by atoms with Gasteiger partial charge in [0.2, 0.25) is 6.79 Å². The summed E-state index contributed by atoms with van der Waals surface area (Å²) in [4.78, 5) is 32.4. The lowest BCUT2D eigenvalue weighted by Gasteiger charge is -2.25. The number of esters is 1. The van der Waals surface area contributed by atoms with Gasteiger partial charge in [0.05, 0.1) is 28.5 Å². The van der Waals surface area contributed by atoms with Crippen molar-refractivity contribution >= 4 is 23.4 Å². The van der Waals surface area contributed by atoms with E-state index in [9.17, 15) is 9.59 Å². The predicted octanol–water partition coefficient (Wildman–Crippen LogP) is 3.21. The summed E-state index contributed by atoms with van der Waals surface area (Å²) in [5.41, 5.74) is 2.19. The van der Waals surface area contributed by atoms with Crippen molar-refractivity contribution in [1.29, 1.82) is 5.26 Å². The van der Waals surface area contributed by atoms with Crippen LogP contribution in [0.1, 0.15) is 43.9 Å². The Labute approximate surface area is 222 Å². The second-order valence-corrected chi connectivity index (χ2v) is 9.55. The number of thiazole rings is 1. The maximum absolute atomic E-state index is 13.8. The van der Waals surface area contributed by atoms with Crippen molar-refractivity contribution in [3.05, 3.63) is 84.5 Å². The second-order valence-electron chi connectivity index (χ2n) is 8.54. The van der Waals surface area contributed by atoms with Gasteiger partial charge in [0.1, 0.15) is 11.8 Å². The second kappa shape index (κ2) is 10.9. The Morgan fingerprint density at radius 2 is 2.00 bits per heavy atom. The summed E-state index contributed by atoms with van der Waals surface area (Å²) in [5, 5.41) is 8.70. The number of hydrogen-bond donors (Lipinski definition) is 0. The van der Waals surface area contributed by atoms with Crippen molar-refractivity contribution in [3.8, 4) is 23.3 Å². The molecule has 0 amide bonds. The Hall–Kier alpha value is -4.36. The summed E-state index contributed by atoms with van der Waals surface area (Å²) in [6.07, 6.45) is 3.11. The van der Waals surface area contributed by atoms with Crippen LogP contribution in [0.4, 0.5) is 0 Å². The molecular formula is C28H25N3O6S. The molecule has 0 unspecified atom stereocenters. The topological polar surface area (TPSA) is 112 Å². The number of nitriles is 1. The predicted molar refractivity (Wildman–Crippen MR) is 140 cm³/mol. The van der Waals surface area contributed by atoms with E-state index >= 15 is 0 Å². The SMILES string of the molecule is CCCC1=C(C(=O)OCC)[C@H](c2ccc3c(c2)OCO3)n2c(s/c(=C\c3ccc(OCC#N)cc3)c2=O)=N1. The lowest BCUT2D eigenvalue weighted by molar-refractivity contribution is -0.139. The molecule has 2 aliphatic heterocycles. The maximum atomic E-state index is 13.8. The minimum atomic E-state index is -0.731. The van der Waals surface area contributed by atoms with Crippen LogP contribution in [0.2, 0.25) is 0 Å². The molecular weight excluding hydrogens is 506 g/mol. The van der Waals surface area contributed by atoms with Crippen LogP contribution >= 0.6 is 11.3 Å². The number of ether oxygens (including phenoxy) is 4. The van der Waals surface area contributed by atoms with Gasteiger partial charge < -0.3 is 18.9 Å². The number of nitrogens with zero attached hydrogens (tertiary/aromatic N) is 3. The third-order valence-corrected chi connectivity index (χ3v) is 7.07. The number of aromatic nitrogens is 1. The van der Waals surface area contributed by atoms with E-state index in [1.165, 1.54) is 11.3 Å². The minimum absolute atomic E-state index is 0.0410. The number of benzene rings is 2. The van der Waals surface area contributed by atoms with E-state index in [0.717, 1.165) is 12.0 Å². The van der Waals surface area contributed by atoms with Crippen molar-refractivity contribution in [3.63, 3.8) is 0 Å². The van der Waals surface area contributed by atoms with Crippen molar-refractivity contribution < 1.29 is 23.7 Å². The highest BCUT2D eigenvalue weighted by atomic mass is 32.1. The monoisotopic (exact) mass is 531 g/mol. The molecule has 1 aromatic heterocycles. The highest BCUT2D eigenvalue weighted by Gasteiger charge is 2.35. The first kappa shape index (κ1) is 25.3. The normalized spacial score (nSPS) is 16.0. The van der Waals surface area contributed by atoms with E-state index in [0.29, 0.717) is 49.8 Å². The fourth-order valence-electron chi connectivity index (χ4n) is 4.45. The molecule has 0 spiro atoms. The van der Waals surface area contributed by atoms with Gasteiger partial charge in [-0.05, 0) is 54.8 Å². The van der Waals surface area contributed by atoms with E-state index in [1.54, 1.807) is 41.8 Å². The van der Waals surface area contributed by atoms with Gasteiger partial charge in [0.15, 0.2) is 22.9 Å². The molecule has 0 fully saturated rings. The summed E-state index contributed by atoms with van der Waals surface area (Å²) in [5.74, 6) is 1.24. The Morgan fingerprint density at radius 3 is 2.74 bits per heavy atom. The molecule has 10 heteroatoms. The minimum Gasteiger partial charge on any atom is -0.479 e. The molecule has 5 rings (SSSR count). The van der Waals surface area contributed by atoms with Crippen LogP contribution in [0.15, 0.2) is 63.5 Å². The molecule has 0 saturated carbocycles. The smallest absolute Gasteiger partial charge is 0.338 e. The van der Waals surface area contributed by atoms with E-state index in [1.807, 2.05) is 31.2 Å². The Morgan fingerprint density at radius 1 is 1.21 bits per heavy atom. The molecule has 0 saturated heterocycles. The average Bonchev–Trinajstić information content (AvgIpc) is 3.51. The number of carbonyl (C=O) groups is 1. The fraction of sp³-hybridized carbons (Fsp3) is 0.286. The van der Waals surface area contributed by atoms with Crippen molar-refractivity contribution in [2.24, 2.45) is 4.99 Å². The van der Waals surface area contributed by atoms with E-state index < -0.39 is 12.0 Å². The van der Waals surface area contributed by atoms with E-state index in [2.05, 4.69) is 0 Å². The molecule has 0 aliphatic carbocycles. The summed E-state index contributed by atoms with van der Waals surface area (Å²) < 4.78 is 23.8. The van der Waals surface area contributed by atoms with Gasteiger partial charge in [-0.15, -0.1) is 0 Å². The zero-order valence-electron chi connectivity index (χ0n) is 20.9. The van der Waals surface area contributed by atoms with Gasteiger partial charge in [-0.3, -0.25) is 9.36 Å². The van der Waals surface area contributed by atoms with Crippen LogP contribution in [-0.4, -0.2) is 30.5 Å². The summed E-state index contributed by atoms with van der Waals surface area (Å²) in [7, 11) is 0. The molecule has 0 bridgehead atoms. The van der Waals surface area contributed by atoms with Gasteiger partial charge in [0.25, 0.3) is 5.56 Å². The summed E-state index contributed by atoms with van der Waals surface area (Å²) >= 11 is 1.27. The molecule has 2 aliphatic rings. The van der Waals surface area contributed by atoms with Gasteiger partial charge >= 0.3 is 5.97 Å². The van der Waals surface area contributed by atoms with Crippen LogP contribution in [0, 0.1) is 11.3 Å². The first-order valence-corrected chi connectivity index (χ1v) is 13.1. The molecule has 0 N–H and O–H groups in total. The molecule has 3 heterocycles. The largest absolute Gasteiger partial charge is 0.479 e. The standard InChI is InChI=1S/C28H25N3O6S/c1-3-5-20-24(27(33)34-4-2)25(18-8-11-21-22(15-18)37-16-36-21)31-26(32)23(38-28(31)30-20)14-17-6-9-19(10-7-17)35-13-12-29/h6-11,14-15,25H,3-5,13,16H2,1-2H3/b23-14-/t25-/m0/s1. The van der Waals surface area contributed by atoms with Gasteiger partial charge in [-0.1, -0.05) is 42.9 Å². The molecule has 38 heavy (non-hydrogen) atoms. The lowest BCUT2D eigenvalue weighted by atomic mass is 9.94. The number of carbonyl (C=O) groups excluding carboxylic acids is 1. The Kier molecular flexibility index (Phi) is 7.29. The van der Waals surface area contributed by atoms with Crippen molar-refractivity contribution in [2.75, 3.05) is 20.0 Å². The first-order chi connectivity index (χ1) is 18.5. The third kappa shape index (κ3) is 4.80. The molecule has 0 radical (unpaired) electrons. The highest BCUT2D eigenvalue weighted by molar-refractivity contribution is 7.07. The van der Waals surface area contributed by atoms with Gasteiger partial charge in [-0.2, -0.15) is 5.26 Å². The zero-order valence-corrected chi connectivity index (χ0v) is 21.7. The first-order valence-electron chi connectivity index (χ1n) is 12.2. The Balaban J connectivity index is 1.67. The molecule has 9 nitrogen and oxygen atoms in total. The fourth-order valence-corrected chi connectivity index (χ4v) is 5.47. The van der Waals surface area contributed by atoms with Crippen LogP contribution < -0.4 is 29.1 Å².